The van der Waals surface area contributed by atoms with Crippen molar-refractivity contribution >= 4 is 22.8 Å². The molecule has 0 unspecified atom stereocenters. The zero-order valence-corrected chi connectivity index (χ0v) is 11.2. The highest BCUT2D eigenvalue weighted by atomic mass is 32.1. The van der Waals surface area contributed by atoms with Crippen molar-refractivity contribution in [3.05, 3.63) is 11.1 Å². The summed E-state index contributed by atoms with van der Waals surface area (Å²) in [6.45, 7) is 0. The second kappa shape index (κ2) is 3.80. The van der Waals surface area contributed by atoms with Crippen LogP contribution in [0.3, 0.4) is 0 Å². The van der Waals surface area contributed by atoms with E-state index in [0.29, 0.717) is 11.2 Å². The third-order valence-electron chi connectivity index (χ3n) is 5.05. The lowest BCUT2D eigenvalue weighted by Gasteiger charge is -2.56. The predicted molar refractivity (Wildman–Crippen MR) is 72.0 cm³/mol. The van der Waals surface area contributed by atoms with E-state index in [-0.39, 0.29) is 0 Å². The molecule has 96 valence electrons. The van der Waals surface area contributed by atoms with Gasteiger partial charge >= 0.3 is 0 Å². The second-order valence-corrected chi connectivity index (χ2v) is 7.38. The van der Waals surface area contributed by atoms with Gasteiger partial charge in [0.25, 0.3) is 0 Å². The molecule has 18 heavy (non-hydrogen) atoms. The molecule has 0 saturated heterocycles. The zero-order valence-electron chi connectivity index (χ0n) is 10.4. The van der Waals surface area contributed by atoms with Crippen molar-refractivity contribution in [2.24, 2.45) is 17.8 Å². The molecule has 0 atom stereocenters. The topological polar surface area (TPSA) is 42.0 Å². The summed E-state index contributed by atoms with van der Waals surface area (Å²) in [6.07, 6.45) is 9.15. The maximum atomic E-state index is 10.7. The summed E-state index contributed by atoms with van der Waals surface area (Å²) in [7, 11) is 0. The highest BCUT2D eigenvalue weighted by Crippen LogP contribution is 2.56. The standard InChI is InChI=1S/C14H18N2OS/c17-7-12-8-18-13(15-12)16-14-4-9-1-10(5-14)3-11(2-9)6-14/h7-11H,1-6H2,(H,15,16). The third-order valence-corrected chi connectivity index (χ3v) is 5.83. The first kappa shape index (κ1) is 11.0. The first-order valence-corrected chi connectivity index (χ1v) is 7.81. The molecule has 0 spiro atoms. The minimum atomic E-state index is 0.298. The smallest absolute Gasteiger partial charge is 0.183 e. The van der Waals surface area contributed by atoms with Crippen molar-refractivity contribution in [3.8, 4) is 0 Å². The van der Waals surface area contributed by atoms with Crippen LogP contribution in [0.25, 0.3) is 0 Å². The van der Waals surface area contributed by atoms with E-state index < -0.39 is 0 Å². The number of nitrogens with zero attached hydrogens (tertiary/aromatic N) is 1. The van der Waals surface area contributed by atoms with Crippen LogP contribution in [0.5, 0.6) is 0 Å². The molecule has 0 aliphatic heterocycles. The molecule has 4 saturated carbocycles. The largest absolute Gasteiger partial charge is 0.356 e. The number of aldehydes is 1. The number of hydrogen-bond donors (Lipinski definition) is 1. The van der Waals surface area contributed by atoms with Gasteiger partial charge in [0.05, 0.1) is 0 Å². The van der Waals surface area contributed by atoms with Gasteiger partial charge in [-0.3, -0.25) is 4.79 Å². The fourth-order valence-electron chi connectivity index (χ4n) is 4.89. The van der Waals surface area contributed by atoms with Crippen molar-refractivity contribution in [3.63, 3.8) is 0 Å². The Hall–Kier alpha value is -0.900. The van der Waals surface area contributed by atoms with Crippen molar-refractivity contribution in [1.29, 1.82) is 0 Å². The monoisotopic (exact) mass is 262 g/mol. The van der Waals surface area contributed by atoms with Crippen LogP contribution in [-0.4, -0.2) is 16.8 Å². The number of carbonyl (C=O) groups is 1. The van der Waals surface area contributed by atoms with Crippen LogP contribution < -0.4 is 5.32 Å². The Balaban J connectivity index is 1.58. The molecular formula is C14H18N2OS. The highest BCUT2D eigenvalue weighted by Gasteiger charge is 2.51. The molecule has 5 rings (SSSR count). The van der Waals surface area contributed by atoms with Gasteiger partial charge in [-0.15, -0.1) is 11.3 Å². The van der Waals surface area contributed by atoms with Crippen molar-refractivity contribution in [2.75, 3.05) is 5.32 Å². The first-order chi connectivity index (χ1) is 8.75. The van der Waals surface area contributed by atoms with Crippen LogP contribution >= 0.6 is 11.3 Å². The molecule has 4 aliphatic carbocycles. The summed E-state index contributed by atoms with van der Waals surface area (Å²) in [4.78, 5) is 15.0. The number of nitrogens with one attached hydrogen (secondary N) is 1. The molecule has 1 aromatic rings. The SMILES string of the molecule is O=Cc1csc(NC23CC4CC(CC(C4)C2)C3)n1. The first-order valence-electron chi connectivity index (χ1n) is 6.93. The molecule has 1 aromatic heterocycles. The summed E-state index contributed by atoms with van der Waals surface area (Å²) in [5, 5.41) is 6.48. The maximum absolute atomic E-state index is 10.7. The Labute approximate surface area is 111 Å². The lowest BCUT2D eigenvalue weighted by atomic mass is 9.53. The number of aromatic nitrogens is 1. The van der Waals surface area contributed by atoms with Gasteiger partial charge < -0.3 is 5.32 Å². The molecule has 0 amide bonds. The molecule has 3 nitrogen and oxygen atoms in total. The predicted octanol–water partition coefficient (Wildman–Crippen LogP) is 3.34. The second-order valence-electron chi connectivity index (χ2n) is 6.52. The summed E-state index contributed by atoms with van der Waals surface area (Å²) >= 11 is 1.57. The van der Waals surface area contributed by atoms with Crippen molar-refractivity contribution in [2.45, 2.75) is 44.1 Å². The van der Waals surface area contributed by atoms with Crippen LogP contribution in [0.15, 0.2) is 5.38 Å². The summed E-state index contributed by atoms with van der Waals surface area (Å²) < 4.78 is 0. The molecule has 4 fully saturated rings. The molecule has 1 N–H and O–H groups in total. The van der Waals surface area contributed by atoms with Gasteiger partial charge in [0.15, 0.2) is 11.4 Å². The van der Waals surface area contributed by atoms with E-state index in [9.17, 15) is 4.79 Å². The van der Waals surface area contributed by atoms with Gasteiger partial charge in [0, 0.05) is 10.9 Å². The van der Waals surface area contributed by atoms with Crippen molar-refractivity contribution in [1.82, 2.24) is 4.98 Å². The Bertz CT molecular complexity index is 447. The molecule has 0 radical (unpaired) electrons. The van der Waals surface area contributed by atoms with E-state index in [2.05, 4.69) is 10.3 Å². The Morgan fingerprint density at radius 3 is 2.33 bits per heavy atom. The van der Waals surface area contributed by atoms with Gasteiger partial charge in [-0.1, -0.05) is 0 Å². The summed E-state index contributed by atoms with van der Waals surface area (Å²) in [5.41, 5.74) is 0.861. The number of thiazole rings is 1. The summed E-state index contributed by atoms with van der Waals surface area (Å²) in [6, 6.07) is 0. The van der Waals surface area contributed by atoms with E-state index in [1.54, 1.807) is 11.3 Å². The highest BCUT2D eigenvalue weighted by molar-refractivity contribution is 7.13. The Kier molecular flexibility index (Phi) is 2.31. The van der Waals surface area contributed by atoms with Crippen LogP contribution in [0.2, 0.25) is 0 Å². The lowest BCUT2D eigenvalue weighted by Crippen LogP contribution is -2.54. The van der Waals surface area contributed by atoms with Gasteiger partial charge in [0.1, 0.15) is 5.69 Å². The van der Waals surface area contributed by atoms with Crippen molar-refractivity contribution < 1.29 is 4.79 Å². The number of anilines is 1. The zero-order chi connectivity index (χ0) is 12.2. The van der Waals surface area contributed by atoms with Crippen LogP contribution in [-0.2, 0) is 0 Å². The maximum Gasteiger partial charge on any atom is 0.183 e. The van der Waals surface area contributed by atoms with E-state index in [1.165, 1.54) is 38.5 Å². The minimum absolute atomic E-state index is 0.298. The van der Waals surface area contributed by atoms with E-state index in [0.717, 1.165) is 29.2 Å². The molecule has 1 heterocycles. The number of carbonyl (C=O) groups excluding carboxylic acids is 1. The Morgan fingerprint density at radius 1 is 1.22 bits per heavy atom. The number of rotatable bonds is 3. The van der Waals surface area contributed by atoms with Crippen LogP contribution in [0.1, 0.15) is 49.0 Å². The van der Waals surface area contributed by atoms with Crippen LogP contribution in [0.4, 0.5) is 5.13 Å². The van der Waals surface area contributed by atoms with Gasteiger partial charge in [-0.25, -0.2) is 4.98 Å². The normalized spacial score (nSPS) is 41.0. The average molecular weight is 262 g/mol. The third kappa shape index (κ3) is 1.69. The fourth-order valence-corrected chi connectivity index (χ4v) is 5.66. The van der Waals surface area contributed by atoms with Gasteiger partial charge in [-0.2, -0.15) is 0 Å². The molecule has 4 aliphatic rings. The van der Waals surface area contributed by atoms with Gasteiger partial charge in [0.2, 0.25) is 0 Å². The van der Waals surface area contributed by atoms with E-state index >= 15 is 0 Å². The molecule has 0 aromatic carbocycles. The molecular weight excluding hydrogens is 244 g/mol. The Morgan fingerprint density at radius 2 is 1.83 bits per heavy atom. The van der Waals surface area contributed by atoms with Gasteiger partial charge in [-0.05, 0) is 56.3 Å². The molecule has 4 heteroatoms. The fraction of sp³-hybridized carbons (Fsp3) is 0.714. The van der Waals surface area contributed by atoms with E-state index in [1.807, 2.05) is 5.38 Å². The average Bonchev–Trinajstić information content (AvgIpc) is 2.74. The minimum Gasteiger partial charge on any atom is -0.356 e. The molecule has 4 bridgehead atoms. The summed E-state index contributed by atoms with van der Waals surface area (Å²) in [5.74, 6) is 2.82. The lowest BCUT2D eigenvalue weighted by molar-refractivity contribution is 0.0107. The number of hydrogen-bond acceptors (Lipinski definition) is 4. The quantitative estimate of drug-likeness (QED) is 0.849. The van der Waals surface area contributed by atoms with E-state index in [4.69, 9.17) is 0 Å². The van der Waals surface area contributed by atoms with Crippen LogP contribution in [0, 0.1) is 17.8 Å².